The summed E-state index contributed by atoms with van der Waals surface area (Å²) in [5.41, 5.74) is 17.5. The van der Waals surface area contributed by atoms with Crippen molar-refractivity contribution < 1.29 is 34.3 Å². The van der Waals surface area contributed by atoms with Crippen LogP contribution in [0.25, 0.3) is 0 Å². The molecule has 12 nitrogen and oxygen atoms in total. The van der Waals surface area contributed by atoms with Crippen molar-refractivity contribution in [3.8, 4) is 0 Å². The van der Waals surface area contributed by atoms with Gasteiger partial charge in [0.25, 0.3) is 0 Å². The van der Waals surface area contributed by atoms with Crippen molar-refractivity contribution in [1.29, 1.82) is 0 Å². The monoisotopic (exact) mass is 477 g/mol. The van der Waals surface area contributed by atoms with E-state index in [9.17, 15) is 15.3 Å². The van der Waals surface area contributed by atoms with Gasteiger partial charge in [0.05, 0.1) is 24.8 Å². The van der Waals surface area contributed by atoms with Gasteiger partial charge in [-0.25, -0.2) is 0 Å². The maximum absolute atomic E-state index is 11.1. The largest absolute Gasteiger partial charge is 0.388 e. The smallest absolute Gasteiger partial charge is 0.185 e. The third-order valence-electron chi connectivity index (χ3n) is 7.24. The van der Waals surface area contributed by atoms with Crippen LogP contribution in [-0.2, 0) is 18.9 Å². The molecule has 33 heavy (non-hydrogen) atoms. The fourth-order valence-electron chi connectivity index (χ4n) is 5.04. The highest BCUT2D eigenvalue weighted by molar-refractivity contribution is 5.02. The molecule has 3 aliphatic rings. The van der Waals surface area contributed by atoms with E-state index in [-0.39, 0.29) is 24.8 Å². The maximum Gasteiger partial charge on any atom is 0.185 e. The predicted molar refractivity (Wildman–Crippen MR) is 120 cm³/mol. The van der Waals surface area contributed by atoms with Crippen molar-refractivity contribution >= 4 is 0 Å². The Balaban J connectivity index is 1.68. The van der Waals surface area contributed by atoms with E-state index in [4.69, 9.17) is 36.1 Å². The summed E-state index contributed by atoms with van der Waals surface area (Å²) in [6.45, 7) is 3.52. The molecule has 2 saturated heterocycles. The summed E-state index contributed by atoms with van der Waals surface area (Å²) in [5.74, 6) is 0. The van der Waals surface area contributed by atoms with Crippen LogP contribution in [0.15, 0.2) is 0 Å². The molecule has 0 aromatic heterocycles. The van der Waals surface area contributed by atoms with Crippen molar-refractivity contribution in [2.24, 2.45) is 17.2 Å². The van der Waals surface area contributed by atoms with E-state index in [2.05, 4.69) is 10.6 Å². The highest BCUT2D eigenvalue weighted by Crippen LogP contribution is 2.31. The predicted octanol–water partition coefficient (Wildman–Crippen LogP) is -3.33. The van der Waals surface area contributed by atoms with Crippen molar-refractivity contribution in [3.05, 3.63) is 0 Å². The van der Waals surface area contributed by atoms with Gasteiger partial charge < -0.3 is 62.1 Å². The fourth-order valence-corrected chi connectivity index (χ4v) is 5.04. The Morgan fingerprint density at radius 1 is 0.970 bits per heavy atom. The minimum absolute atomic E-state index is 0.0620. The summed E-state index contributed by atoms with van der Waals surface area (Å²) in [6.07, 6.45) is -4.22. The lowest BCUT2D eigenvalue weighted by atomic mass is 9.84. The second kappa shape index (κ2) is 11.1. The van der Waals surface area contributed by atoms with E-state index in [1.807, 2.05) is 14.0 Å². The van der Waals surface area contributed by atoms with Gasteiger partial charge in [-0.1, -0.05) is 0 Å². The Labute approximate surface area is 195 Å². The number of ether oxygens (including phenoxy) is 4. The van der Waals surface area contributed by atoms with E-state index in [0.717, 1.165) is 6.42 Å². The molecule has 194 valence electrons. The number of hydrogen-bond acceptors (Lipinski definition) is 12. The molecule has 0 amide bonds. The SMILES string of the molecule is CN[C@@H](C)[C@@H]1CC[C@@H](N)[C@@H](O[C@H]2[C@H](O)[C@@H](O[C@H]3OC[C@](C)(O)[C@H](NC)[C@H]3O)[C@H](N)C[C@@H]2N)O1. The topological polar surface area (TPSA) is 200 Å². The quantitative estimate of drug-likeness (QED) is 0.182. The molecule has 0 unspecified atom stereocenters. The van der Waals surface area contributed by atoms with Gasteiger partial charge in [-0.15, -0.1) is 0 Å². The highest BCUT2D eigenvalue weighted by Gasteiger charge is 2.50. The molecule has 1 saturated carbocycles. The molecule has 0 spiro atoms. The van der Waals surface area contributed by atoms with Gasteiger partial charge in [0.2, 0.25) is 0 Å². The molecule has 11 N–H and O–H groups in total. The number of nitrogens with two attached hydrogens (primary N) is 3. The van der Waals surface area contributed by atoms with E-state index < -0.39 is 60.7 Å². The van der Waals surface area contributed by atoms with Crippen LogP contribution < -0.4 is 27.8 Å². The Morgan fingerprint density at radius 3 is 2.15 bits per heavy atom. The van der Waals surface area contributed by atoms with Gasteiger partial charge in [0, 0.05) is 18.1 Å². The molecule has 12 heteroatoms. The van der Waals surface area contributed by atoms with Crippen molar-refractivity contribution in [3.63, 3.8) is 0 Å². The zero-order chi connectivity index (χ0) is 24.5. The van der Waals surface area contributed by atoms with Gasteiger partial charge >= 0.3 is 0 Å². The summed E-state index contributed by atoms with van der Waals surface area (Å²) in [5, 5.41) is 38.3. The second-order valence-corrected chi connectivity index (χ2v) is 9.91. The van der Waals surface area contributed by atoms with Crippen molar-refractivity contribution in [2.45, 2.75) is 112 Å². The van der Waals surface area contributed by atoms with E-state index in [1.165, 1.54) is 0 Å². The molecule has 1 aliphatic carbocycles. The number of aliphatic hydroxyl groups is 3. The average Bonchev–Trinajstić information content (AvgIpc) is 2.76. The lowest BCUT2D eigenvalue weighted by molar-refractivity contribution is -0.307. The third-order valence-corrected chi connectivity index (χ3v) is 7.24. The van der Waals surface area contributed by atoms with Crippen LogP contribution in [0.5, 0.6) is 0 Å². The molecule has 3 rings (SSSR count). The van der Waals surface area contributed by atoms with Crippen LogP contribution in [0.1, 0.15) is 33.1 Å². The fraction of sp³-hybridized carbons (Fsp3) is 1.00. The van der Waals surface area contributed by atoms with Gasteiger partial charge in [-0.2, -0.15) is 0 Å². The lowest BCUT2D eigenvalue weighted by Crippen LogP contribution is -2.68. The number of aliphatic hydroxyl groups excluding tert-OH is 2. The summed E-state index contributed by atoms with van der Waals surface area (Å²) >= 11 is 0. The van der Waals surface area contributed by atoms with Gasteiger partial charge in [0.1, 0.15) is 30.0 Å². The van der Waals surface area contributed by atoms with Crippen molar-refractivity contribution in [1.82, 2.24) is 10.6 Å². The first-order valence-corrected chi connectivity index (χ1v) is 11.8. The highest BCUT2D eigenvalue weighted by atomic mass is 16.7. The minimum Gasteiger partial charge on any atom is -0.388 e. The van der Waals surface area contributed by atoms with Crippen LogP contribution in [0.3, 0.4) is 0 Å². The molecular formula is C21H43N5O7. The first-order valence-electron chi connectivity index (χ1n) is 11.8. The number of nitrogens with one attached hydrogen (secondary N) is 2. The minimum atomic E-state index is -1.29. The molecular weight excluding hydrogens is 434 g/mol. The molecule has 0 aromatic carbocycles. The number of likely N-dealkylation sites (N-methyl/N-ethyl adjacent to an activating group) is 2. The normalized spacial score (nSPS) is 50.2. The van der Waals surface area contributed by atoms with Crippen LogP contribution >= 0.6 is 0 Å². The van der Waals surface area contributed by atoms with E-state index in [0.29, 0.717) is 12.8 Å². The molecule has 2 aliphatic heterocycles. The molecule has 3 fully saturated rings. The molecule has 2 heterocycles. The Bertz CT molecular complexity index is 632. The first kappa shape index (κ1) is 27.1. The van der Waals surface area contributed by atoms with Crippen LogP contribution in [-0.4, -0.2) is 115 Å². The van der Waals surface area contributed by atoms with Crippen LogP contribution in [0.2, 0.25) is 0 Å². The summed E-state index contributed by atoms with van der Waals surface area (Å²) in [7, 11) is 3.49. The molecule has 13 atom stereocenters. The van der Waals surface area contributed by atoms with Crippen LogP contribution in [0, 0.1) is 0 Å². The molecule has 0 bridgehead atoms. The van der Waals surface area contributed by atoms with E-state index >= 15 is 0 Å². The Morgan fingerprint density at radius 2 is 1.58 bits per heavy atom. The standard InChI is InChI=1S/C21H43N5O7/c1-9(25-3)13-6-5-10(22)19(31-13)32-16-11(23)7-12(24)17(14(16)27)33-20-15(28)18(26-4)21(2,29)8-30-20/h9-20,25-29H,5-8,22-24H2,1-4H3/t9-,10+,11-,12+,13-,14-,15+,16+,17-,18+,19+,20+,21-/m0/s1. The Kier molecular flexibility index (Phi) is 9.09. The Hall–Kier alpha value is -0.480. The second-order valence-electron chi connectivity index (χ2n) is 9.91. The zero-order valence-electron chi connectivity index (χ0n) is 20.0. The molecule has 0 radical (unpaired) electrons. The maximum atomic E-state index is 11.1. The van der Waals surface area contributed by atoms with Crippen LogP contribution in [0.4, 0.5) is 0 Å². The first-order chi connectivity index (χ1) is 15.5. The number of rotatable bonds is 7. The third kappa shape index (κ3) is 5.85. The van der Waals surface area contributed by atoms with Crippen molar-refractivity contribution in [2.75, 3.05) is 20.7 Å². The number of hydrogen-bond donors (Lipinski definition) is 8. The summed E-state index contributed by atoms with van der Waals surface area (Å²) < 4.78 is 23.7. The average molecular weight is 478 g/mol. The molecule has 0 aromatic rings. The summed E-state index contributed by atoms with van der Waals surface area (Å²) in [4.78, 5) is 0. The van der Waals surface area contributed by atoms with Gasteiger partial charge in [-0.3, -0.25) is 0 Å². The summed E-state index contributed by atoms with van der Waals surface area (Å²) in [6, 6.07) is -2.11. The lowest BCUT2D eigenvalue weighted by Gasteiger charge is -2.48. The van der Waals surface area contributed by atoms with E-state index in [1.54, 1.807) is 14.0 Å². The van der Waals surface area contributed by atoms with Gasteiger partial charge in [-0.05, 0) is 47.2 Å². The van der Waals surface area contributed by atoms with Gasteiger partial charge in [0.15, 0.2) is 12.6 Å². The zero-order valence-corrected chi connectivity index (χ0v) is 20.0.